The zero-order valence-electron chi connectivity index (χ0n) is 29.1. The number of hydrogen-bond donors (Lipinski definition) is 4. The second kappa shape index (κ2) is 14.5. The molecule has 50 heavy (non-hydrogen) atoms. The van der Waals surface area contributed by atoms with Crippen molar-refractivity contribution in [2.75, 3.05) is 31.4 Å². The van der Waals surface area contributed by atoms with Crippen LogP contribution in [0.3, 0.4) is 0 Å². The van der Waals surface area contributed by atoms with Gasteiger partial charge in [-0.05, 0) is 56.2 Å². The van der Waals surface area contributed by atoms with Gasteiger partial charge >= 0.3 is 12.1 Å². The lowest BCUT2D eigenvalue weighted by Crippen LogP contribution is -2.55. The van der Waals surface area contributed by atoms with Crippen molar-refractivity contribution >= 4 is 53.8 Å². The molecule has 274 valence electrons. The topological polar surface area (TPSA) is 171 Å². The number of allylic oxidation sites excluding steroid dienone is 3. The van der Waals surface area contributed by atoms with Crippen molar-refractivity contribution < 1.29 is 48.3 Å². The molecule has 4 aliphatic heterocycles. The monoisotopic (exact) mass is 735 g/mol. The molecule has 3 amide bonds. The van der Waals surface area contributed by atoms with Crippen molar-refractivity contribution in [3.63, 3.8) is 0 Å². The van der Waals surface area contributed by atoms with Gasteiger partial charge in [0.1, 0.15) is 23.9 Å². The number of nitrogens with zero attached hydrogens (tertiary/aromatic N) is 2. The smallest absolute Gasteiger partial charge is 0.409 e. The number of amides is 3. The molecule has 1 aromatic carbocycles. The van der Waals surface area contributed by atoms with E-state index in [2.05, 4.69) is 17.9 Å². The number of carbonyl (C=O) groups excluding carboxylic acids is 4. The predicted molar refractivity (Wildman–Crippen MR) is 187 cm³/mol. The van der Waals surface area contributed by atoms with Crippen LogP contribution in [0.2, 0.25) is 5.02 Å². The van der Waals surface area contributed by atoms with Crippen molar-refractivity contribution in [1.82, 2.24) is 10.2 Å². The minimum absolute atomic E-state index is 0.128. The highest BCUT2D eigenvalue weighted by Gasteiger charge is 2.73. The van der Waals surface area contributed by atoms with E-state index in [-0.39, 0.29) is 36.8 Å². The highest BCUT2D eigenvalue weighted by molar-refractivity contribution is 7.80. The number of halogens is 1. The van der Waals surface area contributed by atoms with E-state index in [4.69, 9.17) is 30.5 Å². The molecule has 15 heteroatoms. The Kier molecular flexibility index (Phi) is 11.0. The lowest BCUT2D eigenvalue weighted by Gasteiger charge is -2.33. The molecule has 3 fully saturated rings. The van der Waals surface area contributed by atoms with E-state index < -0.39 is 71.8 Å². The molecule has 4 bridgehead atoms. The van der Waals surface area contributed by atoms with Gasteiger partial charge in [-0.15, -0.1) is 0 Å². The van der Waals surface area contributed by atoms with Crippen molar-refractivity contribution in [1.29, 1.82) is 0 Å². The molecule has 4 aliphatic rings. The summed E-state index contributed by atoms with van der Waals surface area (Å²) in [6, 6.07) is 2.56. The van der Waals surface area contributed by atoms with Gasteiger partial charge in [0.15, 0.2) is 11.3 Å². The van der Waals surface area contributed by atoms with Crippen LogP contribution in [0.25, 0.3) is 0 Å². The maximum atomic E-state index is 14.0. The SMILES string of the molecule is C/C1=C\C=C\[C@]2(CO)O[C@@]23C[C@H](OC(=O)N3)[C@@H](C)[C@@H]2O[C@@]2(C)[C@@H](OC(=O)[C@H](C)N(C)C(=O)CCS)CC(=O)N(C)c2cc(cc(CO)c2Cl)C1. The maximum Gasteiger partial charge on any atom is 0.409 e. The number of epoxide rings is 2. The Hall–Kier alpha value is -3.14. The van der Waals surface area contributed by atoms with E-state index in [1.165, 1.54) is 23.8 Å². The number of anilines is 1. The summed E-state index contributed by atoms with van der Waals surface area (Å²) in [5.74, 6) is -1.62. The quantitative estimate of drug-likeness (QED) is 0.185. The highest BCUT2D eigenvalue weighted by Crippen LogP contribution is 2.55. The molecule has 0 aromatic heterocycles. The number of thiol groups is 1. The van der Waals surface area contributed by atoms with Crippen LogP contribution in [-0.4, -0.2) is 107 Å². The summed E-state index contributed by atoms with van der Waals surface area (Å²) in [5, 5.41) is 23.5. The van der Waals surface area contributed by atoms with Gasteiger partial charge < -0.3 is 39.0 Å². The Labute approximate surface area is 302 Å². The van der Waals surface area contributed by atoms with Gasteiger partial charge in [0, 0.05) is 32.9 Å². The fourth-order valence-corrected chi connectivity index (χ4v) is 7.44. The average Bonchev–Trinajstić information content (AvgIpc) is 3.94. The summed E-state index contributed by atoms with van der Waals surface area (Å²) in [6.45, 7) is 6.25. The molecule has 3 saturated heterocycles. The van der Waals surface area contributed by atoms with E-state index >= 15 is 0 Å². The highest BCUT2D eigenvalue weighted by atomic mass is 35.5. The van der Waals surface area contributed by atoms with Crippen LogP contribution in [0.15, 0.2) is 35.9 Å². The van der Waals surface area contributed by atoms with Gasteiger partial charge in [0.25, 0.3) is 0 Å². The lowest BCUT2D eigenvalue weighted by atomic mass is 9.83. The molecule has 5 rings (SSSR count). The van der Waals surface area contributed by atoms with Crippen LogP contribution >= 0.6 is 24.2 Å². The fraction of sp³-hybridized carbons (Fsp3) is 0.600. The Morgan fingerprint density at radius 2 is 2.00 bits per heavy atom. The number of rotatable bonds is 7. The summed E-state index contributed by atoms with van der Waals surface area (Å²) >= 11 is 10.8. The third-order valence-electron chi connectivity index (χ3n) is 10.5. The number of ether oxygens (including phenoxy) is 4. The van der Waals surface area contributed by atoms with Gasteiger partial charge in [-0.25, -0.2) is 9.59 Å². The number of likely N-dealkylation sites (N-methyl/N-ethyl adjacent to an activating group) is 1. The first-order valence-corrected chi connectivity index (χ1v) is 17.6. The van der Waals surface area contributed by atoms with Crippen LogP contribution in [0.1, 0.15) is 58.1 Å². The summed E-state index contributed by atoms with van der Waals surface area (Å²) in [6.07, 6.45) is 2.61. The van der Waals surface area contributed by atoms with Crippen LogP contribution in [0.5, 0.6) is 0 Å². The summed E-state index contributed by atoms with van der Waals surface area (Å²) in [7, 11) is 3.05. The minimum Gasteiger partial charge on any atom is -0.457 e. The van der Waals surface area contributed by atoms with E-state index in [0.717, 1.165) is 11.1 Å². The molecule has 0 unspecified atom stereocenters. The van der Waals surface area contributed by atoms with E-state index in [1.807, 2.05) is 19.9 Å². The number of aliphatic hydroxyl groups excluding tert-OH is 2. The standard InChI is InChI=1S/C35H46ClN3O10S/c1-19-8-7-10-34(18-41)35(49-34)16-25(46-32(45)37-35)20(2)30-33(4,48-30)26(47-31(44)21(3)38(5)27(42)9-11-50)15-28(43)39(6)24-14-22(12-19)13-23(17-40)29(24)36/h7-8,10,13-14,20-21,25-26,30,40-41,50H,9,11-12,15-18H2,1-6H3,(H,37,45)/b10-7+,19-8+/t20-,21+,25+,26+,30+,33+,34-,35+/m1/s1. The molecule has 0 radical (unpaired) electrons. The zero-order chi connectivity index (χ0) is 36.8. The van der Waals surface area contributed by atoms with Gasteiger partial charge in [-0.2, -0.15) is 12.6 Å². The van der Waals surface area contributed by atoms with Crippen molar-refractivity contribution in [2.45, 2.75) is 101 Å². The van der Waals surface area contributed by atoms with Gasteiger partial charge in [0.05, 0.1) is 36.4 Å². The van der Waals surface area contributed by atoms with Crippen LogP contribution in [0.4, 0.5) is 10.5 Å². The van der Waals surface area contributed by atoms with Gasteiger partial charge in [-0.3, -0.25) is 14.9 Å². The second-order valence-electron chi connectivity index (χ2n) is 13.9. The predicted octanol–water partition coefficient (Wildman–Crippen LogP) is 3.07. The molecular weight excluding hydrogens is 690 g/mol. The Morgan fingerprint density at radius 1 is 1.28 bits per heavy atom. The van der Waals surface area contributed by atoms with E-state index in [1.54, 1.807) is 38.3 Å². The number of hydrogen-bond acceptors (Lipinski definition) is 11. The number of nitrogens with one attached hydrogen (secondary N) is 1. The normalized spacial score (nSPS) is 34.5. The summed E-state index contributed by atoms with van der Waals surface area (Å²) in [5.41, 5.74) is -1.10. The van der Waals surface area contributed by atoms with Gasteiger partial charge in [0.2, 0.25) is 11.8 Å². The fourth-order valence-electron chi connectivity index (χ4n) is 6.95. The van der Waals surface area contributed by atoms with Crippen LogP contribution in [-0.2, 0) is 46.4 Å². The third-order valence-corrected chi connectivity index (χ3v) is 11.1. The van der Waals surface area contributed by atoms with Crippen LogP contribution < -0.4 is 10.2 Å². The molecule has 13 nitrogen and oxygen atoms in total. The lowest BCUT2D eigenvalue weighted by molar-refractivity contribution is -0.161. The third kappa shape index (κ3) is 7.15. The first-order valence-electron chi connectivity index (χ1n) is 16.6. The molecular formula is C35H46ClN3O10S. The molecule has 8 atom stereocenters. The van der Waals surface area contributed by atoms with Crippen molar-refractivity contribution in [3.05, 3.63) is 52.1 Å². The Balaban J connectivity index is 1.54. The largest absolute Gasteiger partial charge is 0.457 e. The number of carbonyl (C=O) groups is 4. The van der Waals surface area contributed by atoms with Crippen LogP contribution in [0, 0.1) is 5.92 Å². The number of esters is 1. The summed E-state index contributed by atoms with van der Waals surface area (Å²) in [4.78, 5) is 55.6. The molecule has 4 heterocycles. The average molecular weight is 736 g/mol. The molecule has 0 aliphatic carbocycles. The van der Waals surface area contributed by atoms with Gasteiger partial charge in [-0.1, -0.05) is 42.3 Å². The van der Waals surface area contributed by atoms with E-state index in [0.29, 0.717) is 23.4 Å². The molecule has 0 saturated carbocycles. The number of aliphatic hydroxyl groups is 2. The number of alkyl carbamates (subject to hydrolysis) is 1. The minimum atomic E-state index is -1.21. The van der Waals surface area contributed by atoms with E-state index in [9.17, 15) is 29.4 Å². The Bertz CT molecular complexity index is 1610. The van der Waals surface area contributed by atoms with Crippen molar-refractivity contribution in [3.8, 4) is 0 Å². The molecule has 1 aromatic rings. The molecule has 1 spiro atoms. The first kappa shape index (κ1) is 38.1. The maximum absolute atomic E-state index is 14.0. The zero-order valence-corrected chi connectivity index (χ0v) is 30.8. The first-order chi connectivity index (χ1) is 23.5. The number of fused-ring (bicyclic) bond motifs is 4. The molecule has 3 N–H and O–H groups in total. The summed E-state index contributed by atoms with van der Waals surface area (Å²) < 4.78 is 24.0. The number of benzene rings is 1. The van der Waals surface area contributed by atoms with Crippen molar-refractivity contribution in [2.24, 2.45) is 5.92 Å². The second-order valence-corrected chi connectivity index (χ2v) is 14.7. The Morgan fingerprint density at radius 3 is 2.66 bits per heavy atom.